The standard InChI is InChI=1S/C10H10ClF3/c1-6-3-7(2)5-8(4-6)9(11)10(12,13)14/h3-5,9H,1-2H3. The number of halogens is 4. The molecule has 1 aromatic carbocycles. The molecule has 1 rings (SSSR count). The van der Waals surface area contributed by atoms with Crippen molar-refractivity contribution in [3.63, 3.8) is 0 Å². The maximum atomic E-state index is 12.3. The Kier molecular flexibility index (Phi) is 3.10. The summed E-state index contributed by atoms with van der Waals surface area (Å²) in [7, 11) is 0. The molecule has 0 aliphatic carbocycles. The molecule has 0 saturated heterocycles. The molecule has 1 atom stereocenters. The van der Waals surface area contributed by atoms with Crippen molar-refractivity contribution in [1.82, 2.24) is 0 Å². The Morgan fingerprint density at radius 2 is 1.50 bits per heavy atom. The Hall–Kier alpha value is -0.700. The lowest BCUT2D eigenvalue weighted by Gasteiger charge is -2.14. The van der Waals surface area contributed by atoms with Crippen LogP contribution >= 0.6 is 11.6 Å². The van der Waals surface area contributed by atoms with Crippen LogP contribution in [-0.4, -0.2) is 6.18 Å². The highest BCUT2D eigenvalue weighted by molar-refractivity contribution is 6.21. The van der Waals surface area contributed by atoms with E-state index in [1.165, 1.54) is 12.1 Å². The summed E-state index contributed by atoms with van der Waals surface area (Å²) in [4.78, 5) is 0. The lowest BCUT2D eigenvalue weighted by Crippen LogP contribution is -2.15. The summed E-state index contributed by atoms with van der Waals surface area (Å²) in [6, 6.07) is 4.72. The molecule has 78 valence electrons. The molecule has 1 unspecified atom stereocenters. The van der Waals surface area contributed by atoms with Gasteiger partial charge in [0.15, 0.2) is 5.38 Å². The Labute approximate surface area is 85.7 Å². The number of alkyl halides is 4. The number of rotatable bonds is 1. The van der Waals surface area contributed by atoms with Gasteiger partial charge in [0.05, 0.1) is 0 Å². The Bertz CT molecular complexity index is 310. The van der Waals surface area contributed by atoms with Crippen LogP contribution in [-0.2, 0) is 0 Å². The third-order valence-electron chi connectivity index (χ3n) is 1.82. The maximum absolute atomic E-state index is 12.3. The predicted molar refractivity (Wildman–Crippen MR) is 50.6 cm³/mol. The van der Waals surface area contributed by atoms with Gasteiger partial charge in [0, 0.05) is 0 Å². The molecule has 0 N–H and O–H groups in total. The van der Waals surface area contributed by atoms with E-state index in [1.54, 1.807) is 13.8 Å². The molecule has 14 heavy (non-hydrogen) atoms. The van der Waals surface area contributed by atoms with Gasteiger partial charge in [-0.05, 0) is 19.4 Å². The second-order valence-electron chi connectivity index (χ2n) is 3.33. The quantitative estimate of drug-likeness (QED) is 0.627. The minimum absolute atomic E-state index is 0.108. The summed E-state index contributed by atoms with van der Waals surface area (Å²) in [6.45, 7) is 3.49. The molecule has 0 fully saturated rings. The summed E-state index contributed by atoms with van der Waals surface area (Å²) in [5.74, 6) is 0. The van der Waals surface area contributed by atoms with Crippen molar-refractivity contribution < 1.29 is 13.2 Å². The molecule has 1 aromatic rings. The summed E-state index contributed by atoms with van der Waals surface area (Å²) < 4.78 is 36.8. The van der Waals surface area contributed by atoms with Crippen molar-refractivity contribution >= 4 is 11.6 Å². The van der Waals surface area contributed by atoms with E-state index >= 15 is 0 Å². The number of aryl methyl sites for hydroxylation is 2. The van der Waals surface area contributed by atoms with Gasteiger partial charge in [-0.2, -0.15) is 13.2 Å². The summed E-state index contributed by atoms with van der Waals surface area (Å²) in [5, 5.41) is -1.92. The van der Waals surface area contributed by atoms with Gasteiger partial charge >= 0.3 is 6.18 Å². The minimum atomic E-state index is -4.39. The second-order valence-corrected chi connectivity index (χ2v) is 3.76. The molecule has 0 heterocycles. The van der Waals surface area contributed by atoms with Crippen LogP contribution in [0.3, 0.4) is 0 Å². The van der Waals surface area contributed by atoms with Crippen molar-refractivity contribution in [3.05, 3.63) is 34.9 Å². The van der Waals surface area contributed by atoms with Crippen molar-refractivity contribution in [2.45, 2.75) is 25.4 Å². The van der Waals surface area contributed by atoms with E-state index in [1.807, 2.05) is 6.07 Å². The van der Waals surface area contributed by atoms with Gasteiger partial charge in [-0.15, -0.1) is 11.6 Å². The van der Waals surface area contributed by atoms with Crippen LogP contribution in [0.2, 0.25) is 0 Å². The lowest BCUT2D eigenvalue weighted by atomic mass is 10.0. The Morgan fingerprint density at radius 3 is 1.86 bits per heavy atom. The molecule has 0 aliphatic heterocycles. The van der Waals surface area contributed by atoms with Gasteiger partial charge in [-0.3, -0.25) is 0 Å². The van der Waals surface area contributed by atoms with Crippen LogP contribution in [0.1, 0.15) is 22.1 Å². The maximum Gasteiger partial charge on any atom is 0.408 e. The molecule has 0 radical (unpaired) electrons. The predicted octanol–water partition coefficient (Wildman–Crippen LogP) is 4.15. The molecule has 0 spiro atoms. The molecule has 0 bridgehead atoms. The molecule has 0 aromatic heterocycles. The Balaban J connectivity index is 3.07. The van der Waals surface area contributed by atoms with E-state index in [-0.39, 0.29) is 5.56 Å². The first-order valence-corrected chi connectivity index (χ1v) is 4.53. The van der Waals surface area contributed by atoms with E-state index in [2.05, 4.69) is 0 Å². The smallest absolute Gasteiger partial charge is 0.169 e. The summed E-state index contributed by atoms with van der Waals surface area (Å²) >= 11 is 5.30. The molecule has 0 aliphatic rings. The Morgan fingerprint density at radius 1 is 1.07 bits per heavy atom. The normalized spacial score (nSPS) is 14.1. The fraction of sp³-hybridized carbons (Fsp3) is 0.400. The van der Waals surface area contributed by atoms with E-state index in [0.29, 0.717) is 0 Å². The molecule has 0 amide bonds. The first kappa shape index (κ1) is 11.4. The fourth-order valence-corrected chi connectivity index (χ4v) is 1.47. The highest BCUT2D eigenvalue weighted by Gasteiger charge is 2.39. The van der Waals surface area contributed by atoms with Crippen molar-refractivity contribution in [1.29, 1.82) is 0 Å². The first-order valence-electron chi connectivity index (χ1n) is 4.09. The monoisotopic (exact) mass is 222 g/mol. The first-order chi connectivity index (χ1) is 6.30. The number of hydrogen-bond donors (Lipinski definition) is 0. The minimum Gasteiger partial charge on any atom is -0.169 e. The fourth-order valence-electron chi connectivity index (χ4n) is 1.35. The van der Waals surface area contributed by atoms with E-state index in [9.17, 15) is 13.2 Å². The van der Waals surface area contributed by atoms with Crippen molar-refractivity contribution in [3.8, 4) is 0 Å². The molecular weight excluding hydrogens is 213 g/mol. The van der Waals surface area contributed by atoms with Gasteiger partial charge in [0.2, 0.25) is 0 Å². The highest BCUT2D eigenvalue weighted by atomic mass is 35.5. The van der Waals surface area contributed by atoms with Crippen LogP contribution in [0.4, 0.5) is 13.2 Å². The number of benzene rings is 1. The summed E-state index contributed by atoms with van der Waals surface area (Å²) in [5.41, 5.74) is 1.68. The number of hydrogen-bond acceptors (Lipinski definition) is 0. The highest BCUT2D eigenvalue weighted by Crippen LogP contribution is 2.38. The van der Waals surface area contributed by atoms with Crippen LogP contribution in [0.5, 0.6) is 0 Å². The third-order valence-corrected chi connectivity index (χ3v) is 2.32. The van der Waals surface area contributed by atoms with Crippen LogP contribution < -0.4 is 0 Å². The van der Waals surface area contributed by atoms with E-state index in [0.717, 1.165) is 11.1 Å². The largest absolute Gasteiger partial charge is 0.408 e. The average Bonchev–Trinajstić information content (AvgIpc) is 1.99. The van der Waals surface area contributed by atoms with Gasteiger partial charge in [-0.1, -0.05) is 29.3 Å². The van der Waals surface area contributed by atoms with Gasteiger partial charge in [-0.25, -0.2) is 0 Å². The van der Waals surface area contributed by atoms with Crippen LogP contribution in [0, 0.1) is 13.8 Å². The van der Waals surface area contributed by atoms with Gasteiger partial charge < -0.3 is 0 Å². The zero-order valence-corrected chi connectivity index (χ0v) is 8.58. The second kappa shape index (κ2) is 3.81. The van der Waals surface area contributed by atoms with Crippen molar-refractivity contribution in [2.24, 2.45) is 0 Å². The zero-order valence-electron chi connectivity index (χ0n) is 7.82. The topological polar surface area (TPSA) is 0 Å². The third kappa shape index (κ3) is 2.64. The summed E-state index contributed by atoms with van der Waals surface area (Å²) in [6.07, 6.45) is -4.39. The molecule has 0 nitrogen and oxygen atoms in total. The van der Waals surface area contributed by atoms with Gasteiger partial charge in [0.1, 0.15) is 0 Å². The molecular formula is C10H10ClF3. The van der Waals surface area contributed by atoms with E-state index < -0.39 is 11.6 Å². The van der Waals surface area contributed by atoms with Crippen LogP contribution in [0.25, 0.3) is 0 Å². The van der Waals surface area contributed by atoms with E-state index in [4.69, 9.17) is 11.6 Å². The average molecular weight is 223 g/mol. The molecule has 4 heteroatoms. The lowest BCUT2D eigenvalue weighted by molar-refractivity contribution is -0.131. The molecule has 0 saturated carbocycles. The van der Waals surface area contributed by atoms with Crippen molar-refractivity contribution in [2.75, 3.05) is 0 Å². The van der Waals surface area contributed by atoms with Gasteiger partial charge in [0.25, 0.3) is 0 Å². The SMILES string of the molecule is Cc1cc(C)cc(C(Cl)C(F)(F)F)c1. The zero-order chi connectivity index (χ0) is 10.9. The van der Waals surface area contributed by atoms with Crippen LogP contribution in [0.15, 0.2) is 18.2 Å².